The van der Waals surface area contributed by atoms with E-state index in [1.54, 1.807) is 6.20 Å². The number of hydrogen-bond acceptors (Lipinski definition) is 2. The van der Waals surface area contributed by atoms with Gasteiger partial charge < -0.3 is 4.90 Å². The van der Waals surface area contributed by atoms with Crippen LogP contribution in [0.4, 0.5) is 0 Å². The lowest BCUT2D eigenvalue weighted by molar-refractivity contribution is -0.131. The van der Waals surface area contributed by atoms with Gasteiger partial charge in [0.2, 0.25) is 5.91 Å². The minimum Gasteiger partial charge on any atom is -0.338 e. The van der Waals surface area contributed by atoms with E-state index in [4.69, 9.17) is 11.6 Å². The van der Waals surface area contributed by atoms with Gasteiger partial charge in [0.15, 0.2) is 0 Å². The topological polar surface area (TPSA) is 33.2 Å². The van der Waals surface area contributed by atoms with Gasteiger partial charge in [-0.3, -0.25) is 9.78 Å². The van der Waals surface area contributed by atoms with Crippen LogP contribution >= 0.6 is 11.6 Å². The Bertz CT molecular complexity index is 820. The zero-order valence-electron chi connectivity index (χ0n) is 14.5. The largest absolute Gasteiger partial charge is 0.338 e. The van der Waals surface area contributed by atoms with Crippen molar-refractivity contribution < 1.29 is 4.79 Å². The van der Waals surface area contributed by atoms with Crippen molar-refractivity contribution in [1.29, 1.82) is 0 Å². The van der Waals surface area contributed by atoms with E-state index in [0.29, 0.717) is 24.5 Å². The Kier molecular flexibility index (Phi) is 6.39. The summed E-state index contributed by atoms with van der Waals surface area (Å²) in [6, 6.07) is 23.4. The van der Waals surface area contributed by atoms with Crippen LogP contribution in [-0.2, 0) is 24.2 Å². The Morgan fingerprint density at radius 2 is 1.62 bits per heavy atom. The summed E-state index contributed by atoms with van der Waals surface area (Å²) in [7, 11) is 0. The fourth-order valence-electron chi connectivity index (χ4n) is 2.78. The molecule has 0 aliphatic carbocycles. The number of halogens is 1. The molecular weight excluding hydrogens is 344 g/mol. The van der Waals surface area contributed by atoms with Crippen molar-refractivity contribution in [3.63, 3.8) is 0 Å². The molecule has 1 heterocycles. The van der Waals surface area contributed by atoms with Crippen molar-refractivity contribution in [3.8, 4) is 0 Å². The van der Waals surface area contributed by atoms with Gasteiger partial charge in [-0.05, 0) is 35.4 Å². The fraction of sp³-hybridized carbons (Fsp3) is 0.182. The molecule has 0 aliphatic heterocycles. The van der Waals surface area contributed by atoms with E-state index in [1.165, 1.54) is 0 Å². The lowest BCUT2D eigenvalue weighted by atomic mass is 10.1. The lowest BCUT2D eigenvalue weighted by Crippen LogP contribution is -2.33. The average molecular weight is 365 g/mol. The average Bonchev–Trinajstić information content (AvgIpc) is 2.68. The highest BCUT2D eigenvalue weighted by atomic mass is 35.5. The smallest absolute Gasteiger partial charge is 0.227 e. The molecule has 0 spiro atoms. The maximum Gasteiger partial charge on any atom is 0.227 e. The van der Waals surface area contributed by atoms with Crippen molar-refractivity contribution in [2.24, 2.45) is 0 Å². The highest BCUT2D eigenvalue weighted by Crippen LogP contribution is 2.13. The minimum atomic E-state index is 0.104. The summed E-state index contributed by atoms with van der Waals surface area (Å²) in [5.74, 6) is 0.104. The van der Waals surface area contributed by atoms with Crippen molar-refractivity contribution in [2.45, 2.75) is 19.4 Å². The molecular formula is C22H21ClN2O. The number of aromatic nitrogens is 1. The summed E-state index contributed by atoms with van der Waals surface area (Å²) in [4.78, 5) is 19.2. The molecule has 0 N–H and O–H groups in total. The van der Waals surface area contributed by atoms with E-state index in [2.05, 4.69) is 4.98 Å². The third kappa shape index (κ3) is 5.43. The van der Waals surface area contributed by atoms with E-state index in [-0.39, 0.29) is 5.91 Å². The maximum atomic E-state index is 12.9. The second-order valence-corrected chi connectivity index (χ2v) is 6.61. The van der Waals surface area contributed by atoms with Crippen LogP contribution in [0, 0.1) is 0 Å². The molecule has 3 aromatic rings. The molecule has 0 radical (unpaired) electrons. The number of pyridine rings is 1. The number of hydrogen-bond donors (Lipinski definition) is 0. The molecule has 0 unspecified atom stereocenters. The molecule has 1 aromatic heterocycles. The van der Waals surface area contributed by atoms with Crippen molar-refractivity contribution in [2.75, 3.05) is 6.54 Å². The van der Waals surface area contributed by atoms with Gasteiger partial charge in [-0.15, -0.1) is 0 Å². The third-order valence-electron chi connectivity index (χ3n) is 4.20. The molecule has 0 saturated carbocycles. The molecule has 0 atom stereocenters. The first-order valence-corrected chi connectivity index (χ1v) is 9.04. The highest BCUT2D eigenvalue weighted by molar-refractivity contribution is 6.30. The summed E-state index contributed by atoms with van der Waals surface area (Å²) < 4.78 is 0. The van der Waals surface area contributed by atoms with E-state index in [9.17, 15) is 4.79 Å². The first-order chi connectivity index (χ1) is 12.7. The van der Waals surface area contributed by atoms with Crippen LogP contribution in [0.25, 0.3) is 0 Å². The molecule has 26 heavy (non-hydrogen) atoms. The molecule has 4 heteroatoms. The number of amides is 1. The standard InChI is InChI=1S/C22H21ClN2O/c23-20-11-9-18(10-12-20)16-22(26)25(17-19-6-2-1-3-7-19)15-13-21-8-4-5-14-24-21/h1-12,14H,13,15-17H2. The Balaban J connectivity index is 1.70. The van der Waals surface area contributed by atoms with Crippen LogP contribution in [-0.4, -0.2) is 22.3 Å². The Morgan fingerprint density at radius 1 is 0.885 bits per heavy atom. The van der Waals surface area contributed by atoms with E-state index in [1.807, 2.05) is 77.7 Å². The first kappa shape index (κ1) is 18.2. The van der Waals surface area contributed by atoms with Crippen LogP contribution in [0.15, 0.2) is 79.0 Å². The lowest BCUT2D eigenvalue weighted by Gasteiger charge is -2.23. The van der Waals surface area contributed by atoms with E-state index < -0.39 is 0 Å². The molecule has 1 amide bonds. The van der Waals surface area contributed by atoms with Crippen LogP contribution in [0.1, 0.15) is 16.8 Å². The second kappa shape index (κ2) is 9.16. The van der Waals surface area contributed by atoms with Gasteiger partial charge >= 0.3 is 0 Å². The van der Waals surface area contributed by atoms with Crippen molar-refractivity contribution >= 4 is 17.5 Å². The van der Waals surface area contributed by atoms with Gasteiger partial charge in [-0.2, -0.15) is 0 Å². The number of benzene rings is 2. The predicted molar refractivity (Wildman–Crippen MR) is 105 cm³/mol. The van der Waals surface area contributed by atoms with Crippen molar-refractivity contribution in [1.82, 2.24) is 9.88 Å². The normalized spacial score (nSPS) is 10.5. The van der Waals surface area contributed by atoms with Crippen LogP contribution in [0.3, 0.4) is 0 Å². The molecule has 0 fully saturated rings. The zero-order chi connectivity index (χ0) is 18.2. The fourth-order valence-corrected chi connectivity index (χ4v) is 2.91. The molecule has 3 nitrogen and oxygen atoms in total. The highest BCUT2D eigenvalue weighted by Gasteiger charge is 2.15. The second-order valence-electron chi connectivity index (χ2n) is 6.18. The Morgan fingerprint density at radius 3 is 2.31 bits per heavy atom. The molecule has 2 aromatic carbocycles. The summed E-state index contributed by atoms with van der Waals surface area (Å²) in [6.45, 7) is 1.23. The van der Waals surface area contributed by atoms with Crippen LogP contribution in [0.5, 0.6) is 0 Å². The SMILES string of the molecule is O=C(Cc1ccc(Cl)cc1)N(CCc1ccccn1)Cc1ccccc1. The van der Waals surface area contributed by atoms with Gasteiger partial charge in [0.05, 0.1) is 6.42 Å². The molecule has 0 bridgehead atoms. The zero-order valence-corrected chi connectivity index (χ0v) is 15.3. The summed E-state index contributed by atoms with van der Waals surface area (Å²) in [6.07, 6.45) is 2.89. The summed E-state index contributed by atoms with van der Waals surface area (Å²) in [5, 5.41) is 0.678. The first-order valence-electron chi connectivity index (χ1n) is 8.67. The Labute approximate surface area is 159 Å². The van der Waals surface area contributed by atoms with Gasteiger partial charge in [-0.1, -0.05) is 60.1 Å². The van der Waals surface area contributed by atoms with Gasteiger partial charge in [0.25, 0.3) is 0 Å². The number of rotatable bonds is 7. The quantitative estimate of drug-likeness (QED) is 0.616. The summed E-state index contributed by atoms with van der Waals surface area (Å²) >= 11 is 5.93. The van der Waals surface area contributed by atoms with Crippen LogP contribution < -0.4 is 0 Å². The predicted octanol–water partition coefficient (Wildman–Crippen LogP) is 4.55. The monoisotopic (exact) mass is 364 g/mol. The maximum absolute atomic E-state index is 12.9. The number of nitrogens with zero attached hydrogens (tertiary/aromatic N) is 2. The summed E-state index contributed by atoms with van der Waals surface area (Å²) in [5.41, 5.74) is 3.08. The number of carbonyl (C=O) groups excluding carboxylic acids is 1. The number of carbonyl (C=O) groups is 1. The van der Waals surface area contributed by atoms with Crippen LogP contribution in [0.2, 0.25) is 5.02 Å². The van der Waals surface area contributed by atoms with E-state index >= 15 is 0 Å². The molecule has 3 rings (SSSR count). The van der Waals surface area contributed by atoms with Gasteiger partial charge in [0, 0.05) is 36.4 Å². The minimum absolute atomic E-state index is 0.104. The molecule has 132 valence electrons. The van der Waals surface area contributed by atoms with Crippen molar-refractivity contribution in [3.05, 3.63) is 101 Å². The van der Waals surface area contributed by atoms with E-state index in [0.717, 1.165) is 23.2 Å². The molecule has 0 saturated heterocycles. The third-order valence-corrected chi connectivity index (χ3v) is 4.45. The van der Waals surface area contributed by atoms with Gasteiger partial charge in [0.1, 0.15) is 0 Å². The Hall–Kier alpha value is -2.65. The molecule has 0 aliphatic rings. The van der Waals surface area contributed by atoms with Gasteiger partial charge in [-0.25, -0.2) is 0 Å².